The molecule has 0 unspecified atom stereocenters. The van der Waals surface area contributed by atoms with Crippen molar-refractivity contribution in [3.63, 3.8) is 0 Å². The lowest BCUT2D eigenvalue weighted by Gasteiger charge is -2.08. The summed E-state index contributed by atoms with van der Waals surface area (Å²) in [4.78, 5) is 30.3. The van der Waals surface area contributed by atoms with E-state index in [4.69, 9.17) is 0 Å². The average molecular weight is 353 g/mol. The summed E-state index contributed by atoms with van der Waals surface area (Å²) < 4.78 is 37.6. The van der Waals surface area contributed by atoms with E-state index in [1.807, 2.05) is 13.8 Å². The Morgan fingerprint density at radius 1 is 1.24 bits per heavy atom. The van der Waals surface area contributed by atoms with Crippen LogP contribution in [0, 0.1) is 5.92 Å². The Kier molecular flexibility index (Phi) is 5.61. The zero-order chi connectivity index (χ0) is 18.6. The molecule has 2 aromatic rings. The largest absolute Gasteiger partial charge is 0.407 e. The molecule has 2 rings (SSSR count). The second-order valence-electron chi connectivity index (χ2n) is 6.06. The first-order valence-corrected chi connectivity index (χ1v) is 7.67. The van der Waals surface area contributed by atoms with Gasteiger partial charge in [-0.25, -0.2) is 0 Å². The Morgan fingerprint density at radius 3 is 2.44 bits per heavy atom. The normalized spacial score (nSPS) is 11.6. The summed E-state index contributed by atoms with van der Waals surface area (Å²) in [5.74, 6) is -0.137. The molecule has 0 bridgehead atoms. The topological polar surface area (TPSA) is 67.2 Å². The maximum Gasteiger partial charge on any atom is 0.407 e. The van der Waals surface area contributed by atoms with Crippen molar-refractivity contribution in [1.29, 1.82) is 0 Å². The summed E-state index contributed by atoms with van der Waals surface area (Å²) >= 11 is 0. The lowest BCUT2D eigenvalue weighted by atomic mass is 10.1. The molecule has 134 valence electrons. The van der Waals surface area contributed by atoms with Gasteiger partial charge in [-0.05, 0) is 30.5 Å². The van der Waals surface area contributed by atoms with Gasteiger partial charge in [0, 0.05) is 29.7 Å². The Labute approximate surface area is 141 Å². The monoisotopic (exact) mass is 353 g/mol. The van der Waals surface area contributed by atoms with E-state index in [-0.39, 0.29) is 16.5 Å². The molecule has 0 amide bonds. The maximum atomic E-state index is 12.5. The van der Waals surface area contributed by atoms with Gasteiger partial charge in [-0.1, -0.05) is 13.8 Å². The number of aromatic nitrogens is 2. The quantitative estimate of drug-likeness (QED) is 0.918. The fourth-order valence-electron chi connectivity index (χ4n) is 2.26. The predicted octanol–water partition coefficient (Wildman–Crippen LogP) is 2.53. The van der Waals surface area contributed by atoms with E-state index in [1.54, 1.807) is 6.07 Å². The summed E-state index contributed by atoms with van der Waals surface area (Å²) in [6, 6.07) is 5.43. The number of carbonyl (C=O) groups excluding carboxylic acids is 1. The van der Waals surface area contributed by atoms with E-state index in [9.17, 15) is 22.8 Å². The third-order valence-corrected chi connectivity index (χ3v) is 3.26. The van der Waals surface area contributed by atoms with Crippen LogP contribution in [-0.2, 0) is 6.42 Å². The van der Waals surface area contributed by atoms with Crippen molar-refractivity contribution in [2.24, 2.45) is 10.9 Å². The van der Waals surface area contributed by atoms with Gasteiger partial charge < -0.3 is 4.98 Å². The third-order valence-electron chi connectivity index (χ3n) is 3.26. The molecule has 0 saturated heterocycles. The van der Waals surface area contributed by atoms with Gasteiger partial charge in [-0.3, -0.25) is 19.1 Å². The first kappa shape index (κ1) is 18.7. The molecule has 2 heterocycles. The van der Waals surface area contributed by atoms with E-state index in [2.05, 4.69) is 9.98 Å². The van der Waals surface area contributed by atoms with Crippen LogP contribution in [-0.4, -0.2) is 28.2 Å². The van der Waals surface area contributed by atoms with E-state index >= 15 is 0 Å². The lowest BCUT2D eigenvalue weighted by molar-refractivity contribution is -0.118. The van der Waals surface area contributed by atoms with Gasteiger partial charge in [-0.15, -0.1) is 0 Å². The highest BCUT2D eigenvalue weighted by molar-refractivity contribution is 5.95. The standard InChI is InChI=1S/C17H18F3N3O2/c1-11(2)7-14-8-12(9-15(24)22-14)16(25)23-5-3-13(4-6-23)21-10-17(18,19)20/h3-6,8-9,11H,7,10H2,1-2H3,(H,22,24). The van der Waals surface area contributed by atoms with Crippen LogP contribution in [0.1, 0.15) is 29.9 Å². The molecule has 2 aromatic heterocycles. The number of alkyl halides is 3. The van der Waals surface area contributed by atoms with Gasteiger partial charge in [0.05, 0.1) is 5.36 Å². The van der Waals surface area contributed by atoms with Crippen molar-refractivity contribution in [2.45, 2.75) is 26.4 Å². The molecule has 0 spiro atoms. The smallest absolute Gasteiger partial charge is 0.326 e. The number of halogens is 3. The molecule has 0 saturated carbocycles. The molecule has 8 heteroatoms. The molecule has 0 aromatic carbocycles. The fraction of sp³-hybridized carbons (Fsp3) is 0.353. The van der Waals surface area contributed by atoms with E-state index in [0.717, 1.165) is 0 Å². The van der Waals surface area contributed by atoms with E-state index in [1.165, 1.54) is 35.2 Å². The number of H-pyrrole nitrogens is 1. The number of aromatic amines is 1. The van der Waals surface area contributed by atoms with Crippen LogP contribution in [0.4, 0.5) is 13.2 Å². The summed E-state index contributed by atoms with van der Waals surface area (Å²) in [5, 5.41) is 0.118. The van der Waals surface area contributed by atoms with Crippen molar-refractivity contribution < 1.29 is 18.0 Å². The number of carbonyl (C=O) groups is 1. The highest BCUT2D eigenvalue weighted by atomic mass is 19.4. The molecule has 0 atom stereocenters. The fourth-order valence-corrected chi connectivity index (χ4v) is 2.26. The Bertz CT molecular complexity index is 859. The van der Waals surface area contributed by atoms with Crippen LogP contribution in [0.2, 0.25) is 0 Å². The molecular weight excluding hydrogens is 335 g/mol. The van der Waals surface area contributed by atoms with Gasteiger partial charge in [0.1, 0.15) is 6.54 Å². The van der Waals surface area contributed by atoms with Gasteiger partial charge >= 0.3 is 6.18 Å². The van der Waals surface area contributed by atoms with Crippen LogP contribution < -0.4 is 10.9 Å². The number of pyridine rings is 2. The first-order valence-electron chi connectivity index (χ1n) is 7.67. The number of nitrogens with one attached hydrogen (secondary N) is 1. The van der Waals surface area contributed by atoms with Crippen LogP contribution >= 0.6 is 0 Å². The van der Waals surface area contributed by atoms with E-state index in [0.29, 0.717) is 18.0 Å². The van der Waals surface area contributed by atoms with Crippen molar-refractivity contribution >= 4 is 5.91 Å². The second kappa shape index (κ2) is 7.50. The molecule has 0 aliphatic rings. The van der Waals surface area contributed by atoms with E-state index < -0.39 is 18.6 Å². The van der Waals surface area contributed by atoms with Crippen LogP contribution in [0.25, 0.3) is 0 Å². The molecule has 0 fully saturated rings. The molecule has 25 heavy (non-hydrogen) atoms. The van der Waals surface area contributed by atoms with Gasteiger partial charge in [0.15, 0.2) is 0 Å². The van der Waals surface area contributed by atoms with Crippen LogP contribution in [0.15, 0.2) is 46.4 Å². The summed E-state index contributed by atoms with van der Waals surface area (Å²) in [7, 11) is 0. The van der Waals surface area contributed by atoms with Crippen LogP contribution in [0.3, 0.4) is 0 Å². The third kappa shape index (κ3) is 5.74. The molecular formula is C17H18F3N3O2. The molecule has 0 radical (unpaired) electrons. The van der Waals surface area contributed by atoms with Gasteiger partial charge in [0.25, 0.3) is 5.91 Å². The number of hydrogen-bond donors (Lipinski definition) is 1. The minimum atomic E-state index is -4.38. The van der Waals surface area contributed by atoms with Crippen molar-refractivity contribution in [1.82, 2.24) is 9.55 Å². The lowest BCUT2D eigenvalue weighted by Crippen LogP contribution is -2.20. The highest BCUT2D eigenvalue weighted by Gasteiger charge is 2.25. The molecule has 0 aliphatic carbocycles. The minimum absolute atomic E-state index is 0.118. The zero-order valence-electron chi connectivity index (χ0n) is 13.8. The first-order chi connectivity index (χ1) is 11.6. The summed E-state index contributed by atoms with van der Waals surface area (Å²) in [6.45, 7) is 2.70. The second-order valence-corrected chi connectivity index (χ2v) is 6.06. The molecule has 0 aliphatic heterocycles. The Balaban J connectivity index is 2.26. The van der Waals surface area contributed by atoms with Crippen molar-refractivity contribution in [3.8, 4) is 0 Å². The SMILES string of the molecule is CC(C)Cc1cc(C(=O)n2ccc(=NCC(F)(F)F)cc2)cc(=O)[nH]1. The number of rotatable bonds is 4. The molecule has 5 nitrogen and oxygen atoms in total. The van der Waals surface area contributed by atoms with Crippen LogP contribution in [0.5, 0.6) is 0 Å². The van der Waals surface area contributed by atoms with Crippen molar-refractivity contribution in [3.05, 3.63) is 63.6 Å². The predicted molar refractivity (Wildman–Crippen MR) is 86.3 cm³/mol. The maximum absolute atomic E-state index is 12.5. The van der Waals surface area contributed by atoms with Gasteiger partial charge in [0.2, 0.25) is 5.56 Å². The van der Waals surface area contributed by atoms with Crippen molar-refractivity contribution in [2.75, 3.05) is 6.54 Å². The summed E-state index contributed by atoms with van der Waals surface area (Å²) in [6.07, 6.45) is -1.11. The average Bonchev–Trinajstić information content (AvgIpc) is 2.51. The minimum Gasteiger partial charge on any atom is -0.326 e. The Morgan fingerprint density at radius 2 is 1.88 bits per heavy atom. The number of nitrogens with zero attached hydrogens (tertiary/aromatic N) is 2. The number of hydrogen-bond acceptors (Lipinski definition) is 3. The Hall–Kier alpha value is -2.64. The van der Waals surface area contributed by atoms with Gasteiger partial charge in [-0.2, -0.15) is 13.2 Å². The molecule has 1 N–H and O–H groups in total. The summed E-state index contributed by atoms with van der Waals surface area (Å²) in [5.41, 5.74) is 0.492. The zero-order valence-corrected chi connectivity index (χ0v) is 13.8. The highest BCUT2D eigenvalue weighted by Crippen LogP contribution is 2.13.